The van der Waals surface area contributed by atoms with E-state index in [1.54, 1.807) is 24.3 Å². The predicted molar refractivity (Wildman–Crippen MR) is 140 cm³/mol. The van der Waals surface area contributed by atoms with Crippen LogP contribution in [0.2, 0.25) is 10.0 Å². The van der Waals surface area contributed by atoms with Crippen LogP contribution in [0.1, 0.15) is 42.9 Å². The van der Waals surface area contributed by atoms with Gasteiger partial charge in [-0.1, -0.05) is 48.2 Å². The topological polar surface area (TPSA) is 117 Å². The molecule has 8 nitrogen and oxygen atoms in total. The van der Waals surface area contributed by atoms with Gasteiger partial charge in [-0.05, 0) is 49.2 Å². The maximum Gasteiger partial charge on any atom is 0.229 e. The molecule has 0 saturated heterocycles. The minimum atomic E-state index is -3.53. The quantitative estimate of drug-likeness (QED) is 0.170. The summed E-state index contributed by atoms with van der Waals surface area (Å²) in [5, 5.41) is 24.5. The number of phenols is 1. The van der Waals surface area contributed by atoms with Crippen LogP contribution in [-0.4, -0.2) is 57.8 Å². The summed E-state index contributed by atoms with van der Waals surface area (Å²) in [7, 11) is -3.53. The Morgan fingerprint density at radius 3 is 2.37 bits per heavy atom. The van der Waals surface area contributed by atoms with Gasteiger partial charge >= 0.3 is 0 Å². The number of sulfonamides is 1. The first-order chi connectivity index (χ1) is 16.7. The zero-order valence-electron chi connectivity index (χ0n) is 19.8. The van der Waals surface area contributed by atoms with Crippen LogP contribution in [-0.2, 0) is 26.1 Å². The van der Waals surface area contributed by atoms with Gasteiger partial charge in [0.25, 0.3) is 0 Å². The fraction of sp³-hybridized carbons (Fsp3) is 0.500. The smallest absolute Gasteiger partial charge is 0.229 e. The summed E-state index contributed by atoms with van der Waals surface area (Å²) in [4.78, 5) is 0. The van der Waals surface area contributed by atoms with E-state index >= 15 is 0 Å². The highest BCUT2D eigenvalue weighted by molar-refractivity contribution is 7.92. The summed E-state index contributed by atoms with van der Waals surface area (Å²) < 4.78 is 36.2. The number of phenolic OH excluding ortho intramolecular Hbond substituents is 1. The van der Waals surface area contributed by atoms with Gasteiger partial charge in [0.15, 0.2) is 0 Å². The van der Waals surface area contributed by atoms with Crippen molar-refractivity contribution in [2.24, 2.45) is 0 Å². The van der Waals surface area contributed by atoms with Crippen molar-refractivity contribution in [3.8, 4) is 5.75 Å². The molecule has 4 N–H and O–H groups in total. The molecule has 2 aromatic carbocycles. The van der Waals surface area contributed by atoms with Crippen LogP contribution in [0.25, 0.3) is 0 Å². The van der Waals surface area contributed by atoms with Crippen LogP contribution < -0.4 is 10.0 Å². The van der Waals surface area contributed by atoms with Crippen molar-refractivity contribution in [1.82, 2.24) is 5.32 Å². The van der Waals surface area contributed by atoms with Gasteiger partial charge in [-0.25, -0.2) is 8.42 Å². The van der Waals surface area contributed by atoms with Crippen LogP contribution in [0.4, 0.5) is 5.69 Å². The Balaban J connectivity index is 1.48. The van der Waals surface area contributed by atoms with E-state index in [9.17, 15) is 18.6 Å². The molecule has 0 aliphatic carbocycles. The number of unbranched alkanes of at least 4 members (excludes halogenated alkanes) is 3. The van der Waals surface area contributed by atoms with Crippen LogP contribution in [0.5, 0.6) is 5.75 Å². The van der Waals surface area contributed by atoms with Crippen molar-refractivity contribution in [1.29, 1.82) is 0 Å². The molecule has 0 spiro atoms. The van der Waals surface area contributed by atoms with Crippen LogP contribution >= 0.6 is 23.2 Å². The van der Waals surface area contributed by atoms with Gasteiger partial charge in [0.2, 0.25) is 10.0 Å². The van der Waals surface area contributed by atoms with Gasteiger partial charge in [0.05, 0.1) is 37.9 Å². The molecular weight excluding hydrogens is 515 g/mol. The number of nitrogens with one attached hydrogen (secondary N) is 2. The molecule has 11 heteroatoms. The monoisotopic (exact) mass is 548 g/mol. The van der Waals surface area contributed by atoms with Crippen molar-refractivity contribution in [2.45, 2.75) is 38.4 Å². The average Bonchev–Trinajstić information content (AvgIpc) is 2.79. The maximum atomic E-state index is 11.4. The predicted octanol–water partition coefficient (Wildman–Crippen LogP) is 4.49. The van der Waals surface area contributed by atoms with Crippen molar-refractivity contribution in [2.75, 3.05) is 43.9 Å². The number of hydrogen-bond acceptors (Lipinski definition) is 7. The lowest BCUT2D eigenvalue weighted by Gasteiger charge is -2.14. The number of anilines is 1. The zero-order chi connectivity index (χ0) is 25.7. The Labute approximate surface area is 217 Å². The summed E-state index contributed by atoms with van der Waals surface area (Å²) in [6, 6.07) is 9.72. The number of aliphatic hydroxyl groups excluding tert-OH is 1. The second-order valence-corrected chi connectivity index (χ2v) is 10.7. The Bertz CT molecular complexity index is 1000. The SMILES string of the molecule is CS(=O)(=O)Nc1cc(C(O)CNCCCCCCOCCOCc2c(Cl)cccc2Cl)ccc1O. The highest BCUT2D eigenvalue weighted by atomic mass is 35.5. The van der Waals surface area contributed by atoms with Crippen LogP contribution in [0.15, 0.2) is 36.4 Å². The van der Waals surface area contributed by atoms with E-state index in [-0.39, 0.29) is 11.4 Å². The summed E-state index contributed by atoms with van der Waals surface area (Å²) in [6.45, 7) is 3.09. The van der Waals surface area contributed by atoms with Crippen molar-refractivity contribution < 1.29 is 28.1 Å². The third-order valence-corrected chi connectivity index (χ3v) is 6.41. The largest absolute Gasteiger partial charge is 0.506 e. The lowest BCUT2D eigenvalue weighted by Crippen LogP contribution is -2.22. The summed E-state index contributed by atoms with van der Waals surface area (Å²) >= 11 is 12.2. The Morgan fingerprint density at radius 2 is 1.66 bits per heavy atom. The number of benzene rings is 2. The van der Waals surface area contributed by atoms with Gasteiger partial charge in [-0.15, -0.1) is 0 Å². The molecule has 0 aliphatic rings. The zero-order valence-corrected chi connectivity index (χ0v) is 22.1. The molecule has 196 valence electrons. The summed E-state index contributed by atoms with van der Waals surface area (Å²) in [6.07, 6.45) is 4.18. The second kappa shape index (κ2) is 15.5. The fourth-order valence-corrected chi connectivity index (χ4v) is 4.34. The first kappa shape index (κ1) is 29.6. The van der Waals surface area contributed by atoms with Crippen molar-refractivity contribution >= 4 is 38.9 Å². The molecule has 0 aromatic heterocycles. The van der Waals surface area contributed by atoms with Gasteiger partial charge in [0.1, 0.15) is 5.75 Å². The molecule has 0 heterocycles. The van der Waals surface area contributed by atoms with E-state index in [0.717, 1.165) is 44.0 Å². The number of rotatable bonds is 17. The highest BCUT2D eigenvalue weighted by Gasteiger charge is 2.12. The average molecular weight is 550 g/mol. The molecule has 0 aliphatic heterocycles. The third kappa shape index (κ3) is 11.8. The van der Waals surface area contributed by atoms with Crippen LogP contribution in [0, 0.1) is 0 Å². The van der Waals surface area contributed by atoms with Crippen LogP contribution in [0.3, 0.4) is 0 Å². The van der Waals surface area contributed by atoms with Crippen molar-refractivity contribution in [3.63, 3.8) is 0 Å². The molecule has 0 fully saturated rings. The number of aliphatic hydroxyl groups is 1. The minimum absolute atomic E-state index is 0.0443. The number of hydrogen-bond donors (Lipinski definition) is 4. The summed E-state index contributed by atoms with van der Waals surface area (Å²) in [5.41, 5.74) is 1.34. The number of halogens is 2. The molecule has 0 radical (unpaired) electrons. The molecule has 0 bridgehead atoms. The van der Waals surface area contributed by atoms with E-state index in [0.29, 0.717) is 48.6 Å². The van der Waals surface area contributed by atoms with E-state index in [4.69, 9.17) is 32.7 Å². The van der Waals surface area contributed by atoms with Gasteiger partial charge in [-0.2, -0.15) is 0 Å². The first-order valence-corrected chi connectivity index (χ1v) is 14.1. The highest BCUT2D eigenvalue weighted by Crippen LogP contribution is 2.28. The molecular formula is C24H34Cl2N2O6S. The minimum Gasteiger partial charge on any atom is -0.506 e. The fourth-order valence-electron chi connectivity index (χ4n) is 3.27. The lowest BCUT2D eigenvalue weighted by molar-refractivity contribution is 0.0393. The Kier molecular flexibility index (Phi) is 13.1. The molecule has 0 saturated carbocycles. The van der Waals surface area contributed by atoms with E-state index in [1.165, 1.54) is 12.1 Å². The Morgan fingerprint density at radius 1 is 0.971 bits per heavy atom. The molecule has 2 rings (SSSR count). The van der Waals surface area contributed by atoms with Gasteiger partial charge < -0.3 is 25.0 Å². The second-order valence-electron chi connectivity index (χ2n) is 8.15. The van der Waals surface area contributed by atoms with E-state index < -0.39 is 16.1 Å². The van der Waals surface area contributed by atoms with Crippen molar-refractivity contribution in [3.05, 3.63) is 57.6 Å². The molecule has 0 amide bonds. The van der Waals surface area contributed by atoms with E-state index in [2.05, 4.69) is 10.0 Å². The molecule has 35 heavy (non-hydrogen) atoms. The lowest BCUT2D eigenvalue weighted by atomic mass is 10.1. The number of ether oxygens (including phenoxy) is 2. The first-order valence-electron chi connectivity index (χ1n) is 11.4. The maximum absolute atomic E-state index is 11.4. The third-order valence-electron chi connectivity index (χ3n) is 5.11. The summed E-state index contributed by atoms with van der Waals surface area (Å²) in [5.74, 6) is -0.196. The molecule has 1 atom stereocenters. The normalized spacial score (nSPS) is 12.6. The number of aromatic hydroxyl groups is 1. The molecule has 1 unspecified atom stereocenters. The van der Waals surface area contributed by atoms with Gasteiger partial charge in [-0.3, -0.25) is 4.72 Å². The standard InChI is InChI=1S/C24H34Cl2N2O6S/c1-35(31,32)28-22-15-18(9-10-23(22)29)24(30)16-27-11-4-2-3-5-12-33-13-14-34-17-19-20(25)7-6-8-21(19)26/h6-10,15,24,27-30H,2-5,11-14,16-17H2,1H3. The van der Waals surface area contributed by atoms with E-state index in [1.807, 2.05) is 0 Å². The Hall–Kier alpha value is -1.59. The van der Waals surface area contributed by atoms with Gasteiger partial charge in [0, 0.05) is 28.8 Å². The molecule has 2 aromatic rings.